The third-order valence-electron chi connectivity index (χ3n) is 11.8. The molecule has 11 heteroatoms. The fourth-order valence-corrected chi connectivity index (χ4v) is 7.79. The average Bonchev–Trinajstić information content (AvgIpc) is 3.26. The van der Waals surface area contributed by atoms with Crippen molar-refractivity contribution in [2.24, 2.45) is 0 Å². The fourth-order valence-electron chi connectivity index (χ4n) is 7.79. The summed E-state index contributed by atoms with van der Waals surface area (Å²) in [6, 6.07) is 0. The van der Waals surface area contributed by atoms with Gasteiger partial charge < -0.3 is 39.4 Å². The Morgan fingerprint density at radius 2 is 0.903 bits per heavy atom. The molecule has 0 aromatic carbocycles. The van der Waals surface area contributed by atoms with E-state index in [4.69, 9.17) is 18.9 Å². The summed E-state index contributed by atoms with van der Waals surface area (Å²) in [5, 5.41) is 39.9. The third kappa shape index (κ3) is 32.4. The lowest BCUT2D eigenvalue weighted by Gasteiger charge is -2.38. The molecule has 6 atom stereocenters. The van der Waals surface area contributed by atoms with Crippen LogP contribution >= 0.6 is 0 Å². The number of carbonyl (C=O) groups excluding carboxylic acids is 2. The summed E-state index contributed by atoms with van der Waals surface area (Å²) in [6.07, 6.45) is 38.0. The van der Waals surface area contributed by atoms with Gasteiger partial charge in [0.15, 0.2) is 18.5 Å². The van der Waals surface area contributed by atoms with E-state index in [-0.39, 0.29) is 26.1 Å². The fraction of sp³-hybridized carbons (Fsp3) is 0.863. The van der Waals surface area contributed by atoms with E-state index in [0.717, 1.165) is 64.2 Å². The molecule has 0 bridgehead atoms. The first-order chi connectivity index (χ1) is 30.2. The van der Waals surface area contributed by atoms with Crippen LogP contribution in [0.2, 0.25) is 0 Å². The standard InChI is InChI=1S/C51H92O11/c1-3-5-7-9-11-13-15-17-19-20-21-22-23-24-26-28-30-32-34-36-38-40-45(53)61-43(42-60-51-48(56)46(54)47(55)49(62-51)50(57)58)41-59-44(52)39-37-35-33-31-29-27-25-18-16-14-12-10-8-6-4-2/h12,14,18,25,43,46-49,51,54-56H,3-11,13,15-17,19-24,26-42H2,1-2H3,(H,57,58)/b14-12-,25-18-. The van der Waals surface area contributed by atoms with E-state index < -0.39 is 54.7 Å². The minimum atomic E-state index is -1.86. The lowest BCUT2D eigenvalue weighted by Crippen LogP contribution is -2.60. The van der Waals surface area contributed by atoms with E-state index in [0.29, 0.717) is 12.8 Å². The number of carbonyl (C=O) groups is 3. The summed E-state index contributed by atoms with van der Waals surface area (Å²) in [6.45, 7) is 3.81. The van der Waals surface area contributed by atoms with E-state index in [1.165, 1.54) is 128 Å². The first-order valence-electron chi connectivity index (χ1n) is 25.4. The van der Waals surface area contributed by atoms with Gasteiger partial charge in [-0.2, -0.15) is 0 Å². The van der Waals surface area contributed by atoms with Crippen LogP contribution in [0.3, 0.4) is 0 Å². The van der Waals surface area contributed by atoms with Crippen molar-refractivity contribution in [3.63, 3.8) is 0 Å². The predicted molar refractivity (Wildman–Crippen MR) is 248 cm³/mol. The molecular weight excluding hydrogens is 789 g/mol. The van der Waals surface area contributed by atoms with Gasteiger partial charge in [-0.15, -0.1) is 0 Å². The number of carboxylic acid groups (broad SMARTS) is 1. The molecule has 0 spiro atoms. The van der Waals surface area contributed by atoms with Crippen molar-refractivity contribution < 1.29 is 53.8 Å². The predicted octanol–water partition coefficient (Wildman–Crippen LogP) is 11.8. The SMILES string of the molecule is CCCCC/C=C\C/C=C\CCCCCCCC(=O)OCC(COC1OC(C(=O)O)C(O)C(O)C1O)OC(=O)CCCCCCCCCCCCCCCCCCCCCCC. The Balaban J connectivity index is 2.29. The van der Waals surface area contributed by atoms with Crippen molar-refractivity contribution in [2.75, 3.05) is 13.2 Å². The van der Waals surface area contributed by atoms with Gasteiger partial charge in [0.05, 0.1) is 6.61 Å². The van der Waals surface area contributed by atoms with E-state index in [2.05, 4.69) is 38.2 Å². The molecule has 1 aliphatic rings. The van der Waals surface area contributed by atoms with E-state index >= 15 is 0 Å². The largest absolute Gasteiger partial charge is 0.479 e. The molecule has 0 aromatic rings. The molecule has 4 N–H and O–H groups in total. The van der Waals surface area contributed by atoms with Gasteiger partial charge in [0.25, 0.3) is 0 Å². The van der Waals surface area contributed by atoms with Gasteiger partial charge in [-0.25, -0.2) is 4.79 Å². The highest BCUT2D eigenvalue weighted by Gasteiger charge is 2.47. The number of unbranched alkanes of at least 4 members (excludes halogenated alkanes) is 28. The Morgan fingerprint density at radius 1 is 0.500 bits per heavy atom. The Bertz CT molecular complexity index is 1130. The summed E-state index contributed by atoms with van der Waals surface area (Å²) >= 11 is 0. The number of hydrogen-bond donors (Lipinski definition) is 4. The number of hydrogen-bond acceptors (Lipinski definition) is 10. The number of carboxylic acids is 1. The van der Waals surface area contributed by atoms with Crippen LogP contribution in [0.15, 0.2) is 24.3 Å². The zero-order valence-corrected chi connectivity index (χ0v) is 39.4. The number of ether oxygens (including phenoxy) is 4. The first-order valence-corrected chi connectivity index (χ1v) is 25.4. The summed E-state index contributed by atoms with van der Waals surface area (Å²) in [5.41, 5.74) is 0. The van der Waals surface area contributed by atoms with Crippen LogP contribution in [0.1, 0.15) is 232 Å². The van der Waals surface area contributed by atoms with Crippen LogP contribution in [0.5, 0.6) is 0 Å². The molecule has 6 unspecified atom stereocenters. The number of esters is 2. The Morgan fingerprint density at radius 3 is 1.37 bits per heavy atom. The normalized spacial score (nSPS) is 19.7. The maximum Gasteiger partial charge on any atom is 0.335 e. The van der Waals surface area contributed by atoms with Gasteiger partial charge in [-0.1, -0.05) is 199 Å². The van der Waals surface area contributed by atoms with Crippen molar-refractivity contribution in [1.82, 2.24) is 0 Å². The second-order valence-corrected chi connectivity index (χ2v) is 17.7. The molecule has 1 rings (SSSR count). The van der Waals surface area contributed by atoms with Crippen LogP contribution in [0, 0.1) is 0 Å². The maximum absolute atomic E-state index is 12.8. The van der Waals surface area contributed by atoms with Crippen molar-refractivity contribution in [1.29, 1.82) is 0 Å². The molecule has 0 saturated carbocycles. The lowest BCUT2D eigenvalue weighted by molar-refractivity contribution is -0.298. The van der Waals surface area contributed by atoms with Crippen molar-refractivity contribution >= 4 is 17.9 Å². The minimum Gasteiger partial charge on any atom is -0.479 e. The lowest BCUT2D eigenvalue weighted by atomic mass is 9.99. The molecular formula is C51H92O11. The van der Waals surface area contributed by atoms with Gasteiger partial charge in [-0.3, -0.25) is 9.59 Å². The molecule has 0 radical (unpaired) electrons. The highest BCUT2D eigenvalue weighted by atomic mass is 16.7. The molecule has 362 valence electrons. The molecule has 62 heavy (non-hydrogen) atoms. The molecule has 1 fully saturated rings. The Kier molecular flexibility index (Phi) is 38.5. The molecule has 1 aliphatic heterocycles. The number of allylic oxidation sites excluding steroid dienone is 4. The summed E-state index contributed by atoms with van der Waals surface area (Å²) in [7, 11) is 0. The maximum atomic E-state index is 12.8. The van der Waals surface area contributed by atoms with Crippen LogP contribution in [0.25, 0.3) is 0 Å². The number of aliphatic hydroxyl groups is 3. The van der Waals surface area contributed by atoms with Crippen molar-refractivity contribution in [3.8, 4) is 0 Å². The molecule has 1 saturated heterocycles. The highest BCUT2D eigenvalue weighted by molar-refractivity contribution is 5.73. The van der Waals surface area contributed by atoms with E-state index in [9.17, 15) is 34.8 Å². The Labute approximate surface area is 377 Å². The van der Waals surface area contributed by atoms with Crippen LogP contribution in [-0.2, 0) is 33.3 Å². The van der Waals surface area contributed by atoms with Crippen molar-refractivity contribution in [2.45, 2.75) is 269 Å². The number of aliphatic carboxylic acids is 1. The molecule has 0 aromatic heterocycles. The zero-order valence-electron chi connectivity index (χ0n) is 39.4. The summed E-state index contributed by atoms with van der Waals surface area (Å²) in [4.78, 5) is 36.9. The third-order valence-corrected chi connectivity index (χ3v) is 11.8. The van der Waals surface area contributed by atoms with Crippen LogP contribution in [0.4, 0.5) is 0 Å². The van der Waals surface area contributed by atoms with E-state index in [1.807, 2.05) is 0 Å². The monoisotopic (exact) mass is 881 g/mol. The molecule has 0 aliphatic carbocycles. The molecule has 11 nitrogen and oxygen atoms in total. The second kappa shape index (κ2) is 41.4. The van der Waals surface area contributed by atoms with Crippen LogP contribution < -0.4 is 0 Å². The van der Waals surface area contributed by atoms with E-state index in [1.54, 1.807) is 0 Å². The van der Waals surface area contributed by atoms with Gasteiger partial charge in [0.1, 0.15) is 24.9 Å². The Hall–Kier alpha value is -2.31. The van der Waals surface area contributed by atoms with Gasteiger partial charge >= 0.3 is 17.9 Å². The van der Waals surface area contributed by atoms with Crippen molar-refractivity contribution in [3.05, 3.63) is 24.3 Å². The van der Waals surface area contributed by atoms with Crippen LogP contribution in [-0.4, -0.2) is 88.4 Å². The second-order valence-electron chi connectivity index (χ2n) is 17.7. The summed E-state index contributed by atoms with van der Waals surface area (Å²) in [5.74, 6) is -2.45. The summed E-state index contributed by atoms with van der Waals surface area (Å²) < 4.78 is 21.8. The van der Waals surface area contributed by atoms with Gasteiger partial charge in [-0.05, 0) is 44.9 Å². The van der Waals surface area contributed by atoms with Gasteiger partial charge in [0.2, 0.25) is 0 Å². The quantitative estimate of drug-likeness (QED) is 0.0261. The topological polar surface area (TPSA) is 169 Å². The van der Waals surface area contributed by atoms with Gasteiger partial charge in [0, 0.05) is 12.8 Å². The first kappa shape index (κ1) is 57.7. The number of rotatable bonds is 43. The minimum absolute atomic E-state index is 0.185. The average molecular weight is 881 g/mol. The highest BCUT2D eigenvalue weighted by Crippen LogP contribution is 2.23. The molecule has 0 amide bonds. The smallest absolute Gasteiger partial charge is 0.335 e. The zero-order chi connectivity index (χ0) is 45.3. The number of aliphatic hydroxyl groups excluding tert-OH is 3. The molecule has 1 heterocycles.